The minimum atomic E-state index is -0.135. The Morgan fingerprint density at radius 3 is 2.80 bits per heavy atom. The van der Waals surface area contributed by atoms with Gasteiger partial charge < -0.3 is 10.1 Å². The van der Waals surface area contributed by atoms with E-state index in [0.29, 0.717) is 6.61 Å². The second-order valence-corrected chi connectivity index (χ2v) is 2.95. The molecule has 0 aliphatic carbocycles. The molecule has 0 saturated heterocycles. The predicted octanol–water partition coefficient (Wildman–Crippen LogP) is 1.81. The quantitative estimate of drug-likeness (QED) is 0.796. The van der Waals surface area contributed by atoms with E-state index in [4.69, 9.17) is 4.74 Å². The summed E-state index contributed by atoms with van der Waals surface area (Å²) in [5.41, 5.74) is 1.05. The summed E-state index contributed by atoms with van der Waals surface area (Å²) in [6.45, 7) is 2.51. The van der Waals surface area contributed by atoms with E-state index < -0.39 is 0 Å². The van der Waals surface area contributed by atoms with Gasteiger partial charge in [0.1, 0.15) is 6.61 Å². The monoisotopic (exact) mass is 205 g/mol. The molecule has 0 saturated carbocycles. The minimum Gasteiger partial charge on any atom is -0.372 e. The van der Waals surface area contributed by atoms with Crippen molar-refractivity contribution in [2.24, 2.45) is 0 Å². The Morgan fingerprint density at radius 1 is 1.40 bits per heavy atom. The third kappa shape index (κ3) is 4.98. The van der Waals surface area contributed by atoms with Crippen LogP contribution in [0.2, 0.25) is 0 Å². The molecule has 80 valence electrons. The Bertz CT molecular complexity index is 320. The third-order valence-corrected chi connectivity index (χ3v) is 1.76. The summed E-state index contributed by atoms with van der Waals surface area (Å²) in [6, 6.07) is 9.77. The zero-order chi connectivity index (χ0) is 10.9. The van der Waals surface area contributed by atoms with Crippen molar-refractivity contribution in [3.63, 3.8) is 0 Å². The number of carbonyl (C=O) groups excluding carboxylic acids is 1. The van der Waals surface area contributed by atoms with Crippen molar-refractivity contribution < 1.29 is 9.53 Å². The van der Waals surface area contributed by atoms with Crippen LogP contribution in [-0.2, 0) is 9.53 Å². The zero-order valence-electron chi connectivity index (χ0n) is 8.77. The normalized spacial score (nSPS) is 10.5. The fourth-order valence-corrected chi connectivity index (χ4v) is 1.03. The van der Waals surface area contributed by atoms with Crippen LogP contribution < -0.4 is 5.32 Å². The molecule has 0 aliphatic heterocycles. The molecule has 3 nitrogen and oxygen atoms in total. The van der Waals surface area contributed by atoms with E-state index in [0.717, 1.165) is 5.56 Å². The number of hydrogen-bond donors (Lipinski definition) is 1. The summed E-state index contributed by atoms with van der Waals surface area (Å²) >= 11 is 0. The van der Waals surface area contributed by atoms with Crippen molar-refractivity contribution in [1.82, 2.24) is 5.32 Å². The van der Waals surface area contributed by atoms with Crippen molar-refractivity contribution in [2.75, 3.05) is 13.2 Å². The van der Waals surface area contributed by atoms with Crippen LogP contribution in [0.5, 0.6) is 0 Å². The zero-order valence-corrected chi connectivity index (χ0v) is 8.77. The van der Waals surface area contributed by atoms with E-state index in [1.807, 2.05) is 43.3 Å². The highest BCUT2D eigenvalue weighted by molar-refractivity contribution is 5.78. The molecular weight excluding hydrogens is 190 g/mol. The van der Waals surface area contributed by atoms with Gasteiger partial charge in [0.05, 0.1) is 0 Å². The molecule has 1 aromatic carbocycles. The lowest BCUT2D eigenvalue weighted by atomic mass is 10.2. The molecule has 0 spiro atoms. The molecule has 1 aromatic rings. The van der Waals surface area contributed by atoms with Gasteiger partial charge >= 0.3 is 0 Å². The Morgan fingerprint density at radius 2 is 2.13 bits per heavy atom. The maximum Gasteiger partial charge on any atom is 0.249 e. The van der Waals surface area contributed by atoms with Gasteiger partial charge in [-0.15, -0.1) is 0 Å². The van der Waals surface area contributed by atoms with E-state index >= 15 is 0 Å². The standard InChI is InChI=1S/C12H15NO2/c1-2-15-10-12(14)13-9-8-11-6-4-3-5-7-11/h3-9H,2,10H2,1H3,(H,13,14). The van der Waals surface area contributed by atoms with Gasteiger partial charge in [-0.05, 0) is 18.6 Å². The van der Waals surface area contributed by atoms with Crippen LogP contribution >= 0.6 is 0 Å². The van der Waals surface area contributed by atoms with Crippen molar-refractivity contribution in [1.29, 1.82) is 0 Å². The first kappa shape index (κ1) is 11.5. The summed E-state index contributed by atoms with van der Waals surface area (Å²) < 4.78 is 4.95. The van der Waals surface area contributed by atoms with Crippen molar-refractivity contribution in [3.05, 3.63) is 42.1 Å². The van der Waals surface area contributed by atoms with Gasteiger partial charge in [0, 0.05) is 12.8 Å². The molecule has 1 amide bonds. The van der Waals surface area contributed by atoms with Gasteiger partial charge in [-0.3, -0.25) is 4.79 Å². The van der Waals surface area contributed by atoms with Gasteiger partial charge in [0.25, 0.3) is 0 Å². The van der Waals surface area contributed by atoms with Crippen LogP contribution in [0.15, 0.2) is 36.5 Å². The molecule has 0 unspecified atom stereocenters. The second-order valence-electron chi connectivity index (χ2n) is 2.95. The van der Waals surface area contributed by atoms with Gasteiger partial charge in [0.2, 0.25) is 5.91 Å². The Hall–Kier alpha value is -1.61. The molecule has 0 fully saturated rings. The fourth-order valence-electron chi connectivity index (χ4n) is 1.03. The van der Waals surface area contributed by atoms with E-state index in [1.165, 1.54) is 0 Å². The smallest absolute Gasteiger partial charge is 0.249 e. The molecule has 1 rings (SSSR count). The van der Waals surface area contributed by atoms with Crippen LogP contribution in [0, 0.1) is 0 Å². The average Bonchev–Trinajstić information content (AvgIpc) is 2.28. The van der Waals surface area contributed by atoms with Crippen molar-refractivity contribution in [2.45, 2.75) is 6.92 Å². The second kappa shape index (κ2) is 6.79. The lowest BCUT2D eigenvalue weighted by Gasteiger charge is -1.99. The van der Waals surface area contributed by atoms with E-state index in [9.17, 15) is 4.79 Å². The maximum absolute atomic E-state index is 11.1. The number of nitrogens with one attached hydrogen (secondary N) is 1. The summed E-state index contributed by atoms with van der Waals surface area (Å²) in [7, 11) is 0. The maximum atomic E-state index is 11.1. The molecule has 0 atom stereocenters. The fraction of sp³-hybridized carbons (Fsp3) is 0.250. The van der Waals surface area contributed by atoms with Gasteiger partial charge in [0.15, 0.2) is 0 Å². The summed E-state index contributed by atoms with van der Waals surface area (Å²) in [4.78, 5) is 11.1. The van der Waals surface area contributed by atoms with Crippen LogP contribution in [0.4, 0.5) is 0 Å². The number of benzene rings is 1. The number of carbonyl (C=O) groups is 1. The highest BCUT2D eigenvalue weighted by Crippen LogP contribution is 1.99. The molecule has 0 radical (unpaired) electrons. The molecule has 3 heteroatoms. The first-order valence-corrected chi connectivity index (χ1v) is 4.91. The first-order chi connectivity index (χ1) is 7.33. The summed E-state index contributed by atoms with van der Waals surface area (Å²) in [5, 5.41) is 2.62. The SMILES string of the molecule is CCOCC(=O)NC=Cc1ccccc1. The molecule has 0 heterocycles. The van der Waals surface area contributed by atoms with Crippen LogP contribution in [0.1, 0.15) is 12.5 Å². The van der Waals surface area contributed by atoms with Crippen molar-refractivity contribution in [3.8, 4) is 0 Å². The Kier molecular flexibility index (Phi) is 5.19. The Labute approximate surface area is 89.8 Å². The van der Waals surface area contributed by atoms with Gasteiger partial charge in [-0.25, -0.2) is 0 Å². The van der Waals surface area contributed by atoms with Gasteiger partial charge in [-0.1, -0.05) is 30.3 Å². The molecule has 0 bridgehead atoms. The summed E-state index contributed by atoms with van der Waals surface area (Å²) in [6.07, 6.45) is 3.46. The predicted molar refractivity (Wildman–Crippen MR) is 60.1 cm³/mol. The van der Waals surface area contributed by atoms with E-state index in [2.05, 4.69) is 5.32 Å². The lowest BCUT2D eigenvalue weighted by Crippen LogP contribution is -2.22. The molecule has 15 heavy (non-hydrogen) atoms. The van der Waals surface area contributed by atoms with Crippen molar-refractivity contribution >= 4 is 12.0 Å². The largest absolute Gasteiger partial charge is 0.372 e. The van der Waals surface area contributed by atoms with E-state index in [1.54, 1.807) is 6.20 Å². The topological polar surface area (TPSA) is 38.3 Å². The van der Waals surface area contributed by atoms with Crippen LogP contribution in [0.3, 0.4) is 0 Å². The Balaban J connectivity index is 2.31. The van der Waals surface area contributed by atoms with Crippen LogP contribution in [-0.4, -0.2) is 19.1 Å². The number of hydrogen-bond acceptors (Lipinski definition) is 2. The highest BCUT2D eigenvalue weighted by atomic mass is 16.5. The van der Waals surface area contributed by atoms with E-state index in [-0.39, 0.29) is 12.5 Å². The molecule has 0 aliphatic rings. The highest BCUT2D eigenvalue weighted by Gasteiger charge is 1.95. The molecule has 1 N–H and O–H groups in total. The molecule has 0 aromatic heterocycles. The third-order valence-electron chi connectivity index (χ3n) is 1.76. The number of rotatable bonds is 5. The number of ether oxygens (including phenoxy) is 1. The van der Waals surface area contributed by atoms with Gasteiger partial charge in [-0.2, -0.15) is 0 Å². The minimum absolute atomic E-state index is 0.107. The first-order valence-electron chi connectivity index (χ1n) is 4.91. The average molecular weight is 205 g/mol. The summed E-state index contributed by atoms with van der Waals surface area (Å²) in [5.74, 6) is -0.135. The molecular formula is C12H15NO2. The number of amides is 1. The lowest BCUT2D eigenvalue weighted by molar-refractivity contribution is -0.124. The van der Waals surface area contributed by atoms with Crippen LogP contribution in [0.25, 0.3) is 6.08 Å².